The van der Waals surface area contributed by atoms with Crippen molar-refractivity contribution in [3.63, 3.8) is 0 Å². The van der Waals surface area contributed by atoms with E-state index in [9.17, 15) is 18.0 Å². The van der Waals surface area contributed by atoms with Crippen molar-refractivity contribution in [2.24, 2.45) is 5.73 Å². The minimum Gasteiger partial charge on any atom is -0.406 e. The third-order valence-electron chi connectivity index (χ3n) is 1.77. The molecule has 0 bridgehead atoms. The van der Waals surface area contributed by atoms with Gasteiger partial charge in [-0.05, 0) is 19.1 Å². The highest BCUT2D eigenvalue weighted by Gasteiger charge is 2.31. The third-order valence-corrected chi connectivity index (χ3v) is 1.77. The Morgan fingerprint density at radius 1 is 1.44 bits per heavy atom. The molecule has 0 aliphatic carbocycles. The summed E-state index contributed by atoms with van der Waals surface area (Å²) in [6.07, 6.45) is -4.77. The molecule has 0 aliphatic heterocycles. The largest absolute Gasteiger partial charge is 0.573 e. The summed E-state index contributed by atoms with van der Waals surface area (Å²) in [7, 11) is 0. The summed E-state index contributed by atoms with van der Waals surface area (Å²) in [6.45, 7) is 1.46. The Bertz CT molecular complexity index is 388. The van der Waals surface area contributed by atoms with E-state index in [1.54, 1.807) is 0 Å². The van der Waals surface area contributed by atoms with E-state index < -0.39 is 23.9 Å². The minimum absolute atomic E-state index is 0.0942. The van der Waals surface area contributed by atoms with Crippen LogP contribution in [0.25, 0.3) is 0 Å². The number of benzene rings is 1. The molecule has 1 aromatic carbocycles. The number of ether oxygens (including phenoxy) is 1. The molecule has 0 saturated heterocycles. The second-order valence-corrected chi connectivity index (χ2v) is 3.23. The van der Waals surface area contributed by atoms with Gasteiger partial charge in [0.2, 0.25) is 0 Å². The molecule has 0 spiro atoms. The summed E-state index contributed by atoms with van der Waals surface area (Å²) in [5, 5.41) is 0. The maximum Gasteiger partial charge on any atom is 0.573 e. The summed E-state index contributed by atoms with van der Waals surface area (Å²) in [5.74, 6) is -0.869. The fraction of sp³-hybridized carbons (Fsp3) is 0.300. The highest BCUT2D eigenvalue weighted by Crippen LogP contribution is 2.23. The Labute approximate surface area is 90.0 Å². The Kier molecular flexibility index (Phi) is 3.54. The van der Waals surface area contributed by atoms with Crippen LogP contribution in [0.5, 0.6) is 5.75 Å². The van der Waals surface area contributed by atoms with Gasteiger partial charge in [-0.2, -0.15) is 0 Å². The number of alkyl halides is 3. The number of nitrogens with two attached hydrogens (primary N) is 1. The van der Waals surface area contributed by atoms with E-state index in [4.69, 9.17) is 5.73 Å². The van der Waals surface area contributed by atoms with Crippen LogP contribution in [0.1, 0.15) is 17.3 Å². The molecule has 0 amide bonds. The zero-order chi connectivity index (χ0) is 12.3. The average Bonchev–Trinajstić information content (AvgIpc) is 2.14. The van der Waals surface area contributed by atoms with E-state index >= 15 is 0 Å². The smallest absolute Gasteiger partial charge is 0.406 e. The number of hydrogen-bond donors (Lipinski definition) is 1. The van der Waals surface area contributed by atoms with Gasteiger partial charge in [-0.15, -0.1) is 13.2 Å². The van der Waals surface area contributed by atoms with Gasteiger partial charge in [0.15, 0.2) is 5.78 Å². The quantitative estimate of drug-likeness (QED) is 0.813. The van der Waals surface area contributed by atoms with Crippen LogP contribution in [-0.4, -0.2) is 18.2 Å². The lowest BCUT2D eigenvalue weighted by Crippen LogP contribution is -2.26. The van der Waals surface area contributed by atoms with Crippen molar-refractivity contribution in [1.82, 2.24) is 0 Å². The molecule has 0 heterocycles. The van der Waals surface area contributed by atoms with Crippen molar-refractivity contribution >= 4 is 5.78 Å². The molecule has 3 nitrogen and oxygen atoms in total. The molecule has 1 unspecified atom stereocenters. The first-order valence-electron chi connectivity index (χ1n) is 4.45. The topological polar surface area (TPSA) is 52.3 Å². The number of hydrogen-bond acceptors (Lipinski definition) is 3. The zero-order valence-corrected chi connectivity index (χ0v) is 8.41. The summed E-state index contributed by atoms with van der Waals surface area (Å²) in [4.78, 5) is 11.4. The van der Waals surface area contributed by atoms with Gasteiger partial charge in [-0.1, -0.05) is 12.1 Å². The van der Waals surface area contributed by atoms with Crippen molar-refractivity contribution in [1.29, 1.82) is 0 Å². The molecule has 1 aromatic rings. The predicted molar refractivity (Wildman–Crippen MR) is 51.1 cm³/mol. The second-order valence-electron chi connectivity index (χ2n) is 3.23. The Hall–Kier alpha value is -1.56. The van der Waals surface area contributed by atoms with Crippen molar-refractivity contribution in [2.75, 3.05) is 0 Å². The Balaban J connectivity index is 2.91. The van der Waals surface area contributed by atoms with Crippen molar-refractivity contribution in [3.05, 3.63) is 29.8 Å². The van der Waals surface area contributed by atoms with Gasteiger partial charge >= 0.3 is 6.36 Å². The summed E-state index contributed by atoms with van der Waals surface area (Å²) in [6, 6.07) is 4.05. The van der Waals surface area contributed by atoms with Crippen LogP contribution in [-0.2, 0) is 0 Å². The first-order chi connectivity index (χ1) is 7.29. The first kappa shape index (κ1) is 12.5. The third kappa shape index (κ3) is 3.54. The van der Waals surface area contributed by atoms with Crippen LogP contribution < -0.4 is 10.5 Å². The van der Waals surface area contributed by atoms with E-state index in [0.29, 0.717) is 0 Å². The van der Waals surface area contributed by atoms with E-state index in [1.807, 2.05) is 0 Å². The van der Waals surface area contributed by atoms with Gasteiger partial charge in [-0.25, -0.2) is 0 Å². The highest BCUT2D eigenvalue weighted by molar-refractivity contribution is 5.99. The van der Waals surface area contributed by atoms with Crippen molar-refractivity contribution < 1.29 is 22.7 Å². The Morgan fingerprint density at radius 3 is 2.56 bits per heavy atom. The molecular formula is C10H10F3NO2. The molecule has 1 atom stereocenters. The second kappa shape index (κ2) is 4.52. The van der Waals surface area contributed by atoms with Crippen molar-refractivity contribution in [3.8, 4) is 5.75 Å². The molecule has 2 N–H and O–H groups in total. The van der Waals surface area contributed by atoms with E-state index in [-0.39, 0.29) is 5.56 Å². The van der Waals surface area contributed by atoms with Gasteiger partial charge in [0.25, 0.3) is 0 Å². The predicted octanol–water partition coefficient (Wildman–Crippen LogP) is 2.12. The monoisotopic (exact) mass is 233 g/mol. The Morgan fingerprint density at radius 2 is 2.06 bits per heavy atom. The summed E-state index contributed by atoms with van der Waals surface area (Å²) < 4.78 is 39.4. The summed E-state index contributed by atoms with van der Waals surface area (Å²) in [5.41, 5.74) is 5.43. The van der Waals surface area contributed by atoms with E-state index in [1.165, 1.54) is 19.1 Å². The number of ketones is 1. The van der Waals surface area contributed by atoms with Crippen molar-refractivity contribution in [2.45, 2.75) is 19.3 Å². The maximum atomic E-state index is 11.9. The minimum atomic E-state index is -4.77. The van der Waals surface area contributed by atoms with Crippen LogP contribution in [0.3, 0.4) is 0 Å². The molecule has 0 aromatic heterocycles. The number of carbonyl (C=O) groups excluding carboxylic acids is 1. The maximum absolute atomic E-state index is 11.9. The zero-order valence-electron chi connectivity index (χ0n) is 8.41. The number of Topliss-reactive ketones (excluding diaryl/α,β-unsaturated/α-hetero) is 1. The normalized spacial score (nSPS) is 13.3. The van der Waals surface area contributed by atoms with Crippen LogP contribution in [0.4, 0.5) is 13.2 Å². The lowest BCUT2D eigenvalue weighted by molar-refractivity contribution is -0.274. The van der Waals surface area contributed by atoms with Gasteiger partial charge in [0.1, 0.15) is 5.75 Å². The van der Waals surface area contributed by atoms with Gasteiger partial charge in [0, 0.05) is 5.56 Å². The van der Waals surface area contributed by atoms with Crippen LogP contribution >= 0.6 is 0 Å². The van der Waals surface area contributed by atoms with Gasteiger partial charge in [-0.3, -0.25) is 4.79 Å². The fourth-order valence-electron chi connectivity index (χ4n) is 1.11. The highest BCUT2D eigenvalue weighted by atomic mass is 19.4. The van der Waals surface area contributed by atoms with Crippen LogP contribution in [0.2, 0.25) is 0 Å². The summed E-state index contributed by atoms with van der Waals surface area (Å²) >= 11 is 0. The molecule has 88 valence electrons. The SMILES string of the molecule is CC(N)C(=O)c1cccc(OC(F)(F)F)c1. The fourth-order valence-corrected chi connectivity index (χ4v) is 1.11. The van der Waals surface area contributed by atoms with Crippen LogP contribution in [0, 0.1) is 0 Å². The van der Waals surface area contributed by atoms with E-state index in [2.05, 4.69) is 4.74 Å². The molecular weight excluding hydrogens is 223 g/mol. The number of halogens is 3. The molecule has 1 rings (SSSR count). The first-order valence-corrected chi connectivity index (χ1v) is 4.45. The van der Waals surface area contributed by atoms with E-state index in [0.717, 1.165) is 12.1 Å². The lowest BCUT2D eigenvalue weighted by Gasteiger charge is -2.10. The average molecular weight is 233 g/mol. The van der Waals surface area contributed by atoms with Gasteiger partial charge in [0.05, 0.1) is 6.04 Å². The molecule has 6 heteroatoms. The molecule has 0 fully saturated rings. The molecule has 16 heavy (non-hydrogen) atoms. The van der Waals surface area contributed by atoms with Gasteiger partial charge < -0.3 is 10.5 Å². The molecule has 0 aliphatic rings. The van der Waals surface area contributed by atoms with Crippen LogP contribution in [0.15, 0.2) is 24.3 Å². The molecule has 0 radical (unpaired) electrons. The standard InChI is InChI=1S/C10H10F3NO2/c1-6(14)9(15)7-3-2-4-8(5-7)16-10(11,12)13/h2-6H,14H2,1H3. The lowest BCUT2D eigenvalue weighted by atomic mass is 10.1. The molecule has 0 saturated carbocycles. The number of rotatable bonds is 3. The number of carbonyl (C=O) groups is 1.